The van der Waals surface area contributed by atoms with Gasteiger partial charge >= 0.3 is 0 Å². The Labute approximate surface area is 179 Å². The zero-order chi connectivity index (χ0) is 20.6. The fourth-order valence-electron chi connectivity index (χ4n) is 2.62. The summed E-state index contributed by atoms with van der Waals surface area (Å²) in [6.45, 7) is 4.90. The van der Waals surface area contributed by atoms with Gasteiger partial charge in [-0.15, -0.1) is 23.1 Å². The molecule has 0 saturated heterocycles. The topological polar surface area (TPSA) is 60.5 Å². The van der Waals surface area contributed by atoms with Crippen molar-refractivity contribution in [1.82, 2.24) is 4.98 Å². The predicted octanol–water partition coefficient (Wildman–Crippen LogP) is 5.33. The molecule has 2 aromatic carbocycles. The summed E-state index contributed by atoms with van der Waals surface area (Å²) in [6.07, 6.45) is 0. The lowest BCUT2D eigenvalue weighted by Crippen LogP contribution is -2.14. The summed E-state index contributed by atoms with van der Waals surface area (Å²) < 4.78 is 10.8. The van der Waals surface area contributed by atoms with Crippen molar-refractivity contribution in [2.75, 3.05) is 25.6 Å². The normalized spacial score (nSPS) is 10.7. The highest BCUT2D eigenvalue weighted by atomic mass is 32.2. The maximum absolute atomic E-state index is 12.7. The molecule has 0 bridgehead atoms. The number of hydrogen-bond acceptors (Lipinski definition) is 6. The Bertz CT molecular complexity index is 955. The van der Waals surface area contributed by atoms with Gasteiger partial charge in [0, 0.05) is 28.7 Å². The van der Waals surface area contributed by atoms with Crippen LogP contribution in [-0.2, 0) is 10.5 Å². The van der Waals surface area contributed by atoms with Gasteiger partial charge in [0.25, 0.3) is 5.91 Å². The molecule has 0 saturated carbocycles. The number of carbonyl (C=O) groups excluding carboxylic acids is 1. The molecule has 0 aliphatic rings. The van der Waals surface area contributed by atoms with E-state index in [9.17, 15) is 4.79 Å². The van der Waals surface area contributed by atoms with E-state index in [1.54, 1.807) is 30.2 Å². The highest BCUT2D eigenvalue weighted by Crippen LogP contribution is 2.27. The number of thioether (sulfide) groups is 1. The minimum Gasteiger partial charge on any atom is -0.489 e. The van der Waals surface area contributed by atoms with Gasteiger partial charge in [0.2, 0.25) is 0 Å². The largest absolute Gasteiger partial charge is 0.489 e. The standard InChI is InChI=1S/C22H24N2O3S2/c1-15-4-9-20(21(12-15)27-11-10-26-3)24-22(25)17-5-7-19(8-6-17)29-14-18-13-28-16(2)23-18/h4-9,12-13H,10-11,14H2,1-3H3,(H,24,25). The third-order valence-electron chi connectivity index (χ3n) is 4.10. The Morgan fingerprint density at radius 2 is 1.93 bits per heavy atom. The molecular weight excluding hydrogens is 404 g/mol. The number of rotatable bonds is 9. The Hall–Kier alpha value is -2.35. The van der Waals surface area contributed by atoms with Crippen LogP contribution in [0.1, 0.15) is 26.6 Å². The number of nitrogens with zero attached hydrogens (tertiary/aromatic N) is 1. The van der Waals surface area contributed by atoms with Crippen LogP contribution < -0.4 is 10.1 Å². The number of aromatic nitrogens is 1. The Morgan fingerprint density at radius 3 is 2.62 bits per heavy atom. The number of nitrogens with one attached hydrogen (secondary N) is 1. The second kappa shape index (κ2) is 10.4. The smallest absolute Gasteiger partial charge is 0.255 e. The van der Waals surface area contributed by atoms with Crippen molar-refractivity contribution in [1.29, 1.82) is 0 Å². The summed E-state index contributed by atoms with van der Waals surface area (Å²) in [5, 5.41) is 6.10. The van der Waals surface area contributed by atoms with Gasteiger partial charge in [0.1, 0.15) is 12.4 Å². The SMILES string of the molecule is COCCOc1cc(C)ccc1NC(=O)c1ccc(SCc2csc(C)n2)cc1. The van der Waals surface area contributed by atoms with Gasteiger partial charge in [-0.1, -0.05) is 6.07 Å². The van der Waals surface area contributed by atoms with Crippen LogP contribution in [0.3, 0.4) is 0 Å². The first kappa shape index (κ1) is 21.4. The van der Waals surface area contributed by atoms with Crippen molar-refractivity contribution in [3.63, 3.8) is 0 Å². The van der Waals surface area contributed by atoms with E-state index >= 15 is 0 Å². The van der Waals surface area contributed by atoms with Gasteiger partial charge < -0.3 is 14.8 Å². The number of aryl methyl sites for hydroxylation is 2. The van der Waals surface area contributed by atoms with Crippen LogP contribution in [-0.4, -0.2) is 31.2 Å². The number of amides is 1. The molecule has 0 aliphatic heterocycles. The summed E-state index contributed by atoms with van der Waals surface area (Å²) in [7, 11) is 1.63. The van der Waals surface area contributed by atoms with E-state index < -0.39 is 0 Å². The quantitative estimate of drug-likeness (QED) is 0.369. The van der Waals surface area contributed by atoms with Crippen molar-refractivity contribution in [3.8, 4) is 5.75 Å². The third-order valence-corrected chi connectivity index (χ3v) is 5.97. The third kappa shape index (κ3) is 6.32. The summed E-state index contributed by atoms with van der Waals surface area (Å²) >= 11 is 3.37. The average molecular weight is 429 g/mol. The van der Waals surface area contributed by atoms with E-state index in [2.05, 4.69) is 15.7 Å². The van der Waals surface area contributed by atoms with Crippen LogP contribution in [0.2, 0.25) is 0 Å². The average Bonchev–Trinajstić information content (AvgIpc) is 3.14. The van der Waals surface area contributed by atoms with E-state index in [4.69, 9.17) is 9.47 Å². The zero-order valence-corrected chi connectivity index (χ0v) is 18.4. The van der Waals surface area contributed by atoms with Crippen LogP contribution in [0.15, 0.2) is 52.7 Å². The molecule has 29 heavy (non-hydrogen) atoms. The predicted molar refractivity (Wildman–Crippen MR) is 119 cm³/mol. The number of hydrogen-bond donors (Lipinski definition) is 1. The first-order chi connectivity index (χ1) is 14.0. The fourth-order valence-corrected chi connectivity index (χ4v) is 4.13. The molecule has 5 nitrogen and oxygen atoms in total. The van der Waals surface area contributed by atoms with Gasteiger partial charge in [0.05, 0.1) is 23.0 Å². The van der Waals surface area contributed by atoms with Crippen LogP contribution in [0.4, 0.5) is 5.69 Å². The maximum atomic E-state index is 12.7. The van der Waals surface area contributed by atoms with Gasteiger partial charge in [-0.05, 0) is 55.8 Å². The summed E-state index contributed by atoms with van der Waals surface area (Å²) in [4.78, 5) is 18.2. The zero-order valence-electron chi connectivity index (χ0n) is 16.7. The molecule has 0 fully saturated rings. The number of thiazole rings is 1. The Balaban J connectivity index is 1.62. The Morgan fingerprint density at radius 1 is 1.14 bits per heavy atom. The van der Waals surface area contributed by atoms with Crippen LogP contribution in [0.5, 0.6) is 5.75 Å². The van der Waals surface area contributed by atoms with Gasteiger partial charge in [-0.3, -0.25) is 4.79 Å². The minimum absolute atomic E-state index is 0.169. The number of benzene rings is 2. The molecule has 0 aliphatic carbocycles. The lowest BCUT2D eigenvalue weighted by Gasteiger charge is -2.13. The van der Waals surface area contributed by atoms with Crippen LogP contribution >= 0.6 is 23.1 Å². The summed E-state index contributed by atoms with van der Waals surface area (Å²) in [6, 6.07) is 13.3. The first-order valence-corrected chi connectivity index (χ1v) is 11.1. The van der Waals surface area contributed by atoms with Crippen molar-refractivity contribution >= 4 is 34.7 Å². The molecule has 7 heteroatoms. The summed E-state index contributed by atoms with van der Waals surface area (Å²) in [5.41, 5.74) is 3.39. The molecule has 1 N–H and O–H groups in total. The number of methoxy groups -OCH3 is 1. The lowest BCUT2D eigenvalue weighted by atomic mass is 10.2. The van der Waals surface area contributed by atoms with Crippen LogP contribution in [0, 0.1) is 13.8 Å². The molecule has 0 radical (unpaired) electrons. The van der Waals surface area contributed by atoms with Crippen molar-refractivity contribution in [3.05, 3.63) is 69.7 Å². The number of carbonyl (C=O) groups is 1. The van der Waals surface area contributed by atoms with Crippen LogP contribution in [0.25, 0.3) is 0 Å². The highest BCUT2D eigenvalue weighted by Gasteiger charge is 2.11. The summed E-state index contributed by atoms with van der Waals surface area (Å²) in [5.74, 6) is 1.29. The fraction of sp³-hybridized carbons (Fsp3) is 0.273. The molecular formula is C22H24N2O3S2. The molecule has 1 amide bonds. The number of anilines is 1. The van der Waals surface area contributed by atoms with Gasteiger partial charge in [-0.25, -0.2) is 4.98 Å². The number of ether oxygens (including phenoxy) is 2. The molecule has 1 aromatic heterocycles. The molecule has 0 unspecified atom stereocenters. The molecule has 3 rings (SSSR count). The molecule has 0 spiro atoms. The van der Waals surface area contributed by atoms with Gasteiger partial charge in [0.15, 0.2) is 0 Å². The van der Waals surface area contributed by atoms with E-state index in [0.29, 0.717) is 30.2 Å². The van der Waals surface area contributed by atoms with Gasteiger partial charge in [-0.2, -0.15) is 0 Å². The second-order valence-corrected chi connectivity index (χ2v) is 8.58. The Kier molecular flexibility index (Phi) is 7.69. The monoisotopic (exact) mass is 428 g/mol. The van der Waals surface area contributed by atoms with E-state index in [-0.39, 0.29) is 5.91 Å². The highest BCUT2D eigenvalue weighted by molar-refractivity contribution is 7.98. The molecule has 0 atom stereocenters. The molecule has 1 heterocycles. The first-order valence-electron chi connectivity index (χ1n) is 9.23. The van der Waals surface area contributed by atoms with Crippen molar-refractivity contribution in [2.45, 2.75) is 24.5 Å². The van der Waals surface area contributed by atoms with Crippen molar-refractivity contribution < 1.29 is 14.3 Å². The van der Waals surface area contributed by atoms with E-state index in [0.717, 1.165) is 26.9 Å². The molecule has 152 valence electrons. The van der Waals surface area contributed by atoms with E-state index in [1.807, 2.05) is 56.3 Å². The molecule has 3 aromatic rings. The second-order valence-electron chi connectivity index (χ2n) is 6.47. The van der Waals surface area contributed by atoms with E-state index in [1.165, 1.54) is 0 Å². The van der Waals surface area contributed by atoms with Crippen molar-refractivity contribution in [2.24, 2.45) is 0 Å². The maximum Gasteiger partial charge on any atom is 0.255 e. The lowest BCUT2D eigenvalue weighted by molar-refractivity contribution is 0.102. The minimum atomic E-state index is -0.169.